The Hall–Kier alpha value is -4.42. The molecule has 0 saturated carbocycles. The Kier molecular flexibility index (Phi) is 8.17. The minimum atomic E-state index is -0.957. The molecule has 0 atom stereocenters. The molecule has 0 bridgehead atoms. The Balaban J connectivity index is 1.58. The molecule has 3 aromatic carbocycles. The minimum Gasteiger partial charge on any atom is -0.495 e. The number of nitrogens with zero attached hydrogens (tertiary/aromatic N) is 2. The van der Waals surface area contributed by atoms with Crippen molar-refractivity contribution in [2.45, 2.75) is 6.61 Å². The van der Waals surface area contributed by atoms with E-state index in [9.17, 15) is 24.5 Å². The molecule has 0 radical (unpaired) electrons. The normalized spacial score (nSPS) is 14.3. The van der Waals surface area contributed by atoms with Crippen molar-refractivity contribution in [2.75, 3.05) is 19.1 Å². The molecular formula is C26H19BrClN3O8. The molecule has 1 heterocycles. The second-order valence-electron chi connectivity index (χ2n) is 8.02. The zero-order chi connectivity index (χ0) is 28.3. The first-order valence-electron chi connectivity index (χ1n) is 11.1. The first-order chi connectivity index (χ1) is 18.6. The van der Waals surface area contributed by atoms with E-state index in [4.69, 9.17) is 25.8 Å². The van der Waals surface area contributed by atoms with Gasteiger partial charge in [-0.2, -0.15) is 0 Å². The highest BCUT2D eigenvalue weighted by molar-refractivity contribution is 9.10. The molecule has 1 N–H and O–H groups in total. The van der Waals surface area contributed by atoms with Crippen LogP contribution in [0.15, 0.2) is 64.6 Å². The lowest BCUT2D eigenvalue weighted by atomic mass is 10.1. The molecule has 200 valence electrons. The van der Waals surface area contributed by atoms with E-state index >= 15 is 0 Å². The van der Waals surface area contributed by atoms with Gasteiger partial charge in [-0.3, -0.25) is 25.0 Å². The van der Waals surface area contributed by atoms with Crippen LogP contribution in [0, 0.1) is 10.1 Å². The van der Waals surface area contributed by atoms with Crippen molar-refractivity contribution in [1.29, 1.82) is 0 Å². The Morgan fingerprint density at radius 2 is 1.69 bits per heavy atom. The maximum atomic E-state index is 13.3. The number of nitro groups is 1. The average molecular weight is 617 g/mol. The van der Waals surface area contributed by atoms with Gasteiger partial charge in [-0.1, -0.05) is 17.7 Å². The zero-order valence-corrected chi connectivity index (χ0v) is 22.7. The van der Waals surface area contributed by atoms with Crippen LogP contribution in [-0.2, 0) is 16.2 Å². The molecule has 1 saturated heterocycles. The number of methoxy groups -OCH3 is 2. The summed E-state index contributed by atoms with van der Waals surface area (Å²) in [7, 11) is 2.72. The Bertz CT molecular complexity index is 1520. The van der Waals surface area contributed by atoms with Crippen LogP contribution in [0.3, 0.4) is 0 Å². The molecule has 4 rings (SSSR count). The van der Waals surface area contributed by atoms with Crippen LogP contribution in [-0.4, -0.2) is 37.0 Å². The van der Waals surface area contributed by atoms with Crippen LogP contribution in [0.5, 0.6) is 17.2 Å². The number of ether oxygens (including phenoxy) is 3. The van der Waals surface area contributed by atoms with E-state index in [0.29, 0.717) is 15.8 Å². The van der Waals surface area contributed by atoms with Crippen LogP contribution in [0.25, 0.3) is 6.08 Å². The molecule has 0 unspecified atom stereocenters. The lowest BCUT2D eigenvalue weighted by Gasteiger charge is -2.28. The van der Waals surface area contributed by atoms with Crippen molar-refractivity contribution < 1.29 is 33.5 Å². The highest BCUT2D eigenvalue weighted by Gasteiger charge is 2.38. The summed E-state index contributed by atoms with van der Waals surface area (Å²) in [6.07, 6.45) is 1.33. The molecule has 3 aromatic rings. The highest BCUT2D eigenvalue weighted by Crippen LogP contribution is 2.39. The number of non-ortho nitro benzene ring substituents is 1. The van der Waals surface area contributed by atoms with E-state index in [1.165, 1.54) is 44.6 Å². The van der Waals surface area contributed by atoms with Gasteiger partial charge in [0.15, 0.2) is 0 Å². The van der Waals surface area contributed by atoms with Crippen LogP contribution >= 0.6 is 27.5 Å². The Morgan fingerprint density at radius 3 is 2.31 bits per heavy atom. The summed E-state index contributed by atoms with van der Waals surface area (Å²) in [6, 6.07) is 12.6. The van der Waals surface area contributed by atoms with Crippen LogP contribution in [0.1, 0.15) is 11.1 Å². The topological polar surface area (TPSA) is 137 Å². The summed E-state index contributed by atoms with van der Waals surface area (Å²) < 4.78 is 16.8. The molecule has 1 aliphatic heterocycles. The third-order valence-corrected chi connectivity index (χ3v) is 6.52. The van der Waals surface area contributed by atoms with Gasteiger partial charge in [-0.05, 0) is 57.4 Å². The maximum absolute atomic E-state index is 13.3. The van der Waals surface area contributed by atoms with Crippen molar-refractivity contribution in [2.24, 2.45) is 0 Å². The molecule has 1 fully saturated rings. The maximum Gasteiger partial charge on any atom is 0.336 e. The lowest BCUT2D eigenvalue weighted by molar-refractivity contribution is -0.384. The fourth-order valence-corrected chi connectivity index (χ4v) is 4.40. The van der Waals surface area contributed by atoms with Gasteiger partial charge in [0.2, 0.25) is 0 Å². The number of nitro benzene ring substituents is 1. The van der Waals surface area contributed by atoms with Crippen molar-refractivity contribution >= 4 is 62.8 Å². The van der Waals surface area contributed by atoms with Crippen molar-refractivity contribution in [3.63, 3.8) is 0 Å². The number of imide groups is 2. The van der Waals surface area contributed by atoms with E-state index < -0.39 is 22.8 Å². The van der Waals surface area contributed by atoms with E-state index in [-0.39, 0.29) is 40.1 Å². The summed E-state index contributed by atoms with van der Waals surface area (Å²) in [5.41, 5.74) is 0.917. The molecule has 0 spiro atoms. The largest absolute Gasteiger partial charge is 0.495 e. The van der Waals surface area contributed by atoms with E-state index in [1.54, 1.807) is 30.3 Å². The van der Waals surface area contributed by atoms with Crippen molar-refractivity contribution in [3.05, 3.63) is 90.9 Å². The second kappa shape index (κ2) is 11.5. The summed E-state index contributed by atoms with van der Waals surface area (Å²) in [5.74, 6) is -0.958. The standard InChI is InChI=1S/C26H19BrClN3O8/c1-37-22-12-20(23(38-2)11-19(22)28)30-25(33)17(24(32)29-26(30)34)9-15-5-8-21(18(27)10-15)39-13-14-3-6-16(7-4-14)31(35)36/h3-12H,13H2,1-2H3,(H,29,32,34)/b17-9+. The molecule has 11 nitrogen and oxygen atoms in total. The van der Waals surface area contributed by atoms with Crippen LogP contribution in [0.2, 0.25) is 5.02 Å². The third kappa shape index (κ3) is 5.86. The summed E-state index contributed by atoms with van der Waals surface area (Å²) >= 11 is 9.55. The number of benzene rings is 3. The van der Waals surface area contributed by atoms with Gasteiger partial charge >= 0.3 is 6.03 Å². The third-order valence-electron chi connectivity index (χ3n) is 5.60. The summed E-state index contributed by atoms with van der Waals surface area (Å²) in [5, 5.41) is 13.2. The summed E-state index contributed by atoms with van der Waals surface area (Å²) in [4.78, 5) is 49.7. The molecule has 1 aliphatic rings. The van der Waals surface area contributed by atoms with Gasteiger partial charge in [-0.25, -0.2) is 9.69 Å². The number of urea groups is 1. The molecule has 39 heavy (non-hydrogen) atoms. The SMILES string of the molecule is COc1cc(N2C(=O)NC(=O)/C(=C\c3ccc(OCc4ccc([N+](=O)[O-])cc4)c(Br)c3)C2=O)c(OC)cc1Cl. The van der Waals surface area contributed by atoms with Crippen molar-refractivity contribution in [3.8, 4) is 17.2 Å². The first-order valence-corrected chi connectivity index (χ1v) is 12.3. The number of halogens is 2. The number of barbiturate groups is 1. The quantitative estimate of drug-likeness (QED) is 0.156. The smallest absolute Gasteiger partial charge is 0.336 e. The van der Waals surface area contributed by atoms with E-state index in [0.717, 1.165) is 10.5 Å². The van der Waals surface area contributed by atoms with Gasteiger partial charge in [-0.15, -0.1) is 0 Å². The van der Waals surface area contributed by atoms with Gasteiger partial charge in [0.25, 0.3) is 17.5 Å². The fourth-order valence-electron chi connectivity index (χ4n) is 3.66. The number of anilines is 1. The number of hydrogen-bond acceptors (Lipinski definition) is 8. The fraction of sp³-hybridized carbons (Fsp3) is 0.115. The monoisotopic (exact) mass is 615 g/mol. The Morgan fingerprint density at radius 1 is 1.00 bits per heavy atom. The van der Waals surface area contributed by atoms with Gasteiger partial charge in [0.1, 0.15) is 29.4 Å². The summed E-state index contributed by atoms with van der Waals surface area (Å²) in [6.45, 7) is 0.154. The van der Waals surface area contributed by atoms with Gasteiger partial charge < -0.3 is 14.2 Å². The number of hydrogen-bond donors (Lipinski definition) is 1. The minimum absolute atomic E-state index is 0.0208. The zero-order valence-electron chi connectivity index (χ0n) is 20.4. The number of carbonyl (C=O) groups is 3. The molecule has 4 amide bonds. The number of nitrogens with one attached hydrogen (secondary N) is 1. The molecule has 13 heteroatoms. The average Bonchev–Trinajstić information content (AvgIpc) is 2.91. The predicted molar refractivity (Wildman–Crippen MR) is 145 cm³/mol. The number of rotatable bonds is 8. The number of amides is 4. The van der Waals surface area contributed by atoms with Gasteiger partial charge in [0.05, 0.1) is 34.3 Å². The Labute approximate surface area is 235 Å². The molecular weight excluding hydrogens is 598 g/mol. The second-order valence-corrected chi connectivity index (χ2v) is 9.28. The van der Waals surface area contributed by atoms with E-state index in [1.807, 2.05) is 0 Å². The first kappa shape index (κ1) is 27.6. The van der Waals surface area contributed by atoms with Crippen LogP contribution < -0.4 is 24.4 Å². The predicted octanol–water partition coefficient (Wildman–Crippen LogP) is 5.27. The van der Waals surface area contributed by atoms with Gasteiger partial charge in [0, 0.05) is 24.3 Å². The molecule has 0 aliphatic carbocycles. The highest BCUT2D eigenvalue weighted by atomic mass is 79.9. The number of carbonyl (C=O) groups excluding carboxylic acids is 3. The van der Waals surface area contributed by atoms with E-state index in [2.05, 4.69) is 21.2 Å². The van der Waals surface area contributed by atoms with Crippen molar-refractivity contribution in [1.82, 2.24) is 5.32 Å². The van der Waals surface area contributed by atoms with Crippen LogP contribution in [0.4, 0.5) is 16.2 Å². The molecule has 0 aromatic heterocycles. The lowest BCUT2D eigenvalue weighted by Crippen LogP contribution is -2.54.